The molecule has 0 unspecified atom stereocenters. The molecule has 0 fully saturated rings. The number of nitrogens with one attached hydrogen (secondary N) is 1. The molecule has 0 saturated carbocycles. The summed E-state index contributed by atoms with van der Waals surface area (Å²) in [4.78, 5) is 0. The summed E-state index contributed by atoms with van der Waals surface area (Å²) in [5.41, 5.74) is 3.62. The number of thiophene rings is 1. The second kappa shape index (κ2) is 5.05. The van der Waals surface area contributed by atoms with Crippen LogP contribution in [0.3, 0.4) is 0 Å². The predicted octanol–water partition coefficient (Wildman–Crippen LogP) is 3.81. The number of anilines is 1. The molecule has 19 heavy (non-hydrogen) atoms. The standard InChI is InChI=1S/C15H17N3S/c1-3-13-14(9-18(2)17-13)16-8-11-10-19-15-7-5-4-6-12(11)15/h4-7,9-10,16H,3,8H2,1-2H3. The van der Waals surface area contributed by atoms with Gasteiger partial charge in [0.2, 0.25) is 0 Å². The molecule has 1 N–H and O–H groups in total. The van der Waals surface area contributed by atoms with Crippen LogP contribution in [0.1, 0.15) is 18.2 Å². The largest absolute Gasteiger partial charge is 0.378 e. The normalized spacial score (nSPS) is 11.1. The van der Waals surface area contributed by atoms with Crippen LogP contribution in [0.15, 0.2) is 35.8 Å². The van der Waals surface area contributed by atoms with Crippen molar-refractivity contribution in [3.63, 3.8) is 0 Å². The van der Waals surface area contributed by atoms with E-state index in [1.807, 2.05) is 17.9 Å². The molecule has 0 saturated heterocycles. The SMILES string of the molecule is CCc1nn(C)cc1NCc1csc2ccccc12. The molecule has 3 aromatic rings. The minimum atomic E-state index is 0.850. The number of fused-ring (bicyclic) bond motifs is 1. The van der Waals surface area contributed by atoms with E-state index in [0.717, 1.165) is 24.3 Å². The lowest BCUT2D eigenvalue weighted by Gasteiger charge is -2.04. The zero-order chi connectivity index (χ0) is 13.2. The van der Waals surface area contributed by atoms with Gasteiger partial charge >= 0.3 is 0 Å². The molecule has 2 aromatic heterocycles. The van der Waals surface area contributed by atoms with Crippen LogP contribution in [0.4, 0.5) is 5.69 Å². The van der Waals surface area contributed by atoms with Crippen LogP contribution in [0.5, 0.6) is 0 Å². The topological polar surface area (TPSA) is 29.9 Å². The van der Waals surface area contributed by atoms with Gasteiger partial charge in [-0.05, 0) is 28.8 Å². The fourth-order valence-electron chi connectivity index (χ4n) is 2.30. The number of hydrogen-bond donors (Lipinski definition) is 1. The lowest BCUT2D eigenvalue weighted by molar-refractivity contribution is 0.746. The number of benzene rings is 1. The fraction of sp³-hybridized carbons (Fsp3) is 0.267. The average Bonchev–Trinajstić information content (AvgIpc) is 2.99. The summed E-state index contributed by atoms with van der Waals surface area (Å²) < 4.78 is 3.22. The third kappa shape index (κ3) is 2.36. The first kappa shape index (κ1) is 12.2. The quantitative estimate of drug-likeness (QED) is 0.782. The van der Waals surface area contributed by atoms with Gasteiger partial charge in [0.1, 0.15) is 0 Å². The Balaban J connectivity index is 1.82. The monoisotopic (exact) mass is 271 g/mol. The molecule has 0 bridgehead atoms. The molecule has 3 nitrogen and oxygen atoms in total. The van der Waals surface area contributed by atoms with Gasteiger partial charge in [0.05, 0.1) is 11.4 Å². The number of nitrogens with zero attached hydrogens (tertiary/aromatic N) is 2. The lowest BCUT2D eigenvalue weighted by atomic mass is 10.2. The first-order chi connectivity index (χ1) is 9.28. The van der Waals surface area contributed by atoms with E-state index in [4.69, 9.17) is 0 Å². The maximum absolute atomic E-state index is 4.45. The summed E-state index contributed by atoms with van der Waals surface area (Å²) in [6.07, 6.45) is 3.00. The van der Waals surface area contributed by atoms with Crippen molar-refractivity contribution >= 4 is 27.1 Å². The number of rotatable bonds is 4. The lowest BCUT2D eigenvalue weighted by Crippen LogP contribution is -2.00. The molecule has 0 atom stereocenters. The second-order valence-corrected chi connectivity index (χ2v) is 5.54. The molecule has 3 rings (SSSR count). The second-order valence-electron chi connectivity index (χ2n) is 4.63. The van der Waals surface area contributed by atoms with Gasteiger partial charge in [0, 0.05) is 24.5 Å². The molecule has 0 radical (unpaired) electrons. The van der Waals surface area contributed by atoms with Crippen molar-refractivity contribution in [2.45, 2.75) is 19.9 Å². The Labute approximate surface area is 116 Å². The maximum atomic E-state index is 4.45. The Bertz CT molecular complexity index is 696. The first-order valence-electron chi connectivity index (χ1n) is 6.49. The molecule has 0 aliphatic heterocycles. The highest BCUT2D eigenvalue weighted by molar-refractivity contribution is 7.17. The van der Waals surface area contributed by atoms with Crippen LogP contribution in [0.25, 0.3) is 10.1 Å². The van der Waals surface area contributed by atoms with Crippen molar-refractivity contribution < 1.29 is 0 Å². The number of aryl methyl sites for hydroxylation is 2. The van der Waals surface area contributed by atoms with Crippen molar-refractivity contribution in [1.82, 2.24) is 9.78 Å². The van der Waals surface area contributed by atoms with Crippen molar-refractivity contribution in [3.8, 4) is 0 Å². The van der Waals surface area contributed by atoms with Gasteiger partial charge in [-0.25, -0.2) is 0 Å². The minimum Gasteiger partial charge on any atom is -0.378 e. The molecule has 2 heterocycles. The number of aromatic nitrogens is 2. The van der Waals surface area contributed by atoms with E-state index in [2.05, 4.69) is 47.0 Å². The van der Waals surface area contributed by atoms with Gasteiger partial charge in [-0.3, -0.25) is 4.68 Å². The van der Waals surface area contributed by atoms with Gasteiger partial charge in [-0.1, -0.05) is 25.1 Å². The highest BCUT2D eigenvalue weighted by Gasteiger charge is 2.07. The summed E-state index contributed by atoms with van der Waals surface area (Å²) in [5.74, 6) is 0. The zero-order valence-electron chi connectivity index (χ0n) is 11.2. The van der Waals surface area contributed by atoms with Gasteiger partial charge in [-0.15, -0.1) is 11.3 Å². The summed E-state index contributed by atoms with van der Waals surface area (Å²) in [5, 5.41) is 11.5. The van der Waals surface area contributed by atoms with E-state index in [-0.39, 0.29) is 0 Å². The van der Waals surface area contributed by atoms with Crippen LogP contribution in [-0.2, 0) is 20.0 Å². The van der Waals surface area contributed by atoms with E-state index in [1.54, 1.807) is 11.3 Å². The Morgan fingerprint density at radius 2 is 2.16 bits per heavy atom. The van der Waals surface area contributed by atoms with E-state index >= 15 is 0 Å². The van der Waals surface area contributed by atoms with Crippen molar-refractivity contribution in [1.29, 1.82) is 0 Å². The average molecular weight is 271 g/mol. The van der Waals surface area contributed by atoms with Gasteiger partial charge < -0.3 is 5.32 Å². The number of hydrogen-bond acceptors (Lipinski definition) is 3. The molecule has 0 aliphatic carbocycles. The first-order valence-corrected chi connectivity index (χ1v) is 7.37. The molecule has 4 heteroatoms. The summed E-state index contributed by atoms with van der Waals surface area (Å²) >= 11 is 1.80. The Hall–Kier alpha value is -1.81. The van der Waals surface area contributed by atoms with Crippen LogP contribution < -0.4 is 5.32 Å². The Morgan fingerprint density at radius 3 is 3.00 bits per heavy atom. The van der Waals surface area contributed by atoms with Gasteiger partial charge in [-0.2, -0.15) is 5.10 Å². The van der Waals surface area contributed by atoms with Crippen molar-refractivity contribution in [2.24, 2.45) is 7.05 Å². The van der Waals surface area contributed by atoms with Crippen LogP contribution >= 0.6 is 11.3 Å². The smallest absolute Gasteiger partial charge is 0.0853 e. The summed E-state index contributed by atoms with van der Waals surface area (Å²) in [7, 11) is 1.96. The molecule has 98 valence electrons. The highest BCUT2D eigenvalue weighted by atomic mass is 32.1. The van der Waals surface area contributed by atoms with E-state index in [0.29, 0.717) is 0 Å². The highest BCUT2D eigenvalue weighted by Crippen LogP contribution is 2.26. The van der Waals surface area contributed by atoms with E-state index in [1.165, 1.54) is 15.6 Å². The predicted molar refractivity (Wildman–Crippen MR) is 81.7 cm³/mol. The molecular weight excluding hydrogens is 254 g/mol. The van der Waals surface area contributed by atoms with Crippen LogP contribution in [0, 0.1) is 0 Å². The molecule has 0 aliphatic rings. The fourth-order valence-corrected chi connectivity index (χ4v) is 3.27. The summed E-state index contributed by atoms with van der Waals surface area (Å²) in [6.45, 7) is 2.98. The van der Waals surface area contributed by atoms with Gasteiger partial charge in [0.15, 0.2) is 0 Å². The van der Waals surface area contributed by atoms with Crippen LogP contribution in [-0.4, -0.2) is 9.78 Å². The van der Waals surface area contributed by atoms with E-state index < -0.39 is 0 Å². The van der Waals surface area contributed by atoms with E-state index in [9.17, 15) is 0 Å². The van der Waals surface area contributed by atoms with Crippen molar-refractivity contribution in [3.05, 3.63) is 47.1 Å². The third-order valence-electron chi connectivity index (χ3n) is 3.27. The summed E-state index contributed by atoms with van der Waals surface area (Å²) in [6, 6.07) is 8.55. The van der Waals surface area contributed by atoms with Gasteiger partial charge in [0.25, 0.3) is 0 Å². The maximum Gasteiger partial charge on any atom is 0.0853 e. The van der Waals surface area contributed by atoms with Crippen molar-refractivity contribution in [2.75, 3.05) is 5.32 Å². The minimum absolute atomic E-state index is 0.850. The molecule has 0 amide bonds. The Kier molecular flexibility index (Phi) is 3.25. The Morgan fingerprint density at radius 1 is 1.32 bits per heavy atom. The zero-order valence-corrected chi connectivity index (χ0v) is 12.0. The molecular formula is C15H17N3S. The van der Waals surface area contributed by atoms with Crippen LogP contribution in [0.2, 0.25) is 0 Å². The molecule has 0 spiro atoms. The molecule has 1 aromatic carbocycles. The third-order valence-corrected chi connectivity index (χ3v) is 4.28.